The second kappa shape index (κ2) is 2.42. The third-order valence-electron chi connectivity index (χ3n) is 0.465. The van der Waals surface area contributed by atoms with Crippen molar-refractivity contribution in [3.63, 3.8) is 0 Å². The third kappa shape index (κ3) is 8.16. The highest BCUT2D eigenvalue weighted by atomic mass is 35.5. The van der Waals surface area contributed by atoms with Gasteiger partial charge in [-0.1, -0.05) is 11.6 Å². The molecule has 6 heteroatoms. The third-order valence-corrected chi connectivity index (χ3v) is 1.72. The SMILES string of the molecule is CC(O)(Cl)CS(N)(=O)=O. The van der Waals surface area contributed by atoms with Crippen molar-refractivity contribution in [2.24, 2.45) is 5.14 Å². The zero-order valence-corrected chi connectivity index (χ0v) is 6.41. The van der Waals surface area contributed by atoms with Crippen LogP contribution in [0.4, 0.5) is 0 Å². The Kier molecular flexibility index (Phi) is 2.46. The van der Waals surface area contributed by atoms with E-state index in [1.807, 2.05) is 0 Å². The molecule has 56 valence electrons. The molecule has 0 aromatic carbocycles. The maximum absolute atomic E-state index is 10.2. The number of primary sulfonamides is 1. The topological polar surface area (TPSA) is 80.4 Å². The van der Waals surface area contributed by atoms with Crippen LogP contribution < -0.4 is 5.14 Å². The fourth-order valence-corrected chi connectivity index (χ4v) is 1.56. The number of halogens is 1. The first kappa shape index (κ1) is 9.16. The van der Waals surface area contributed by atoms with Crippen LogP contribution in [0.1, 0.15) is 6.92 Å². The van der Waals surface area contributed by atoms with Gasteiger partial charge in [0.25, 0.3) is 0 Å². The van der Waals surface area contributed by atoms with Crippen LogP contribution in [0.3, 0.4) is 0 Å². The molecule has 0 amide bonds. The number of alkyl halides is 1. The molecular weight excluding hydrogens is 166 g/mol. The lowest BCUT2D eigenvalue weighted by Gasteiger charge is -2.10. The van der Waals surface area contributed by atoms with Crippen molar-refractivity contribution < 1.29 is 13.5 Å². The minimum Gasteiger partial charge on any atom is -0.374 e. The van der Waals surface area contributed by atoms with Gasteiger partial charge in [0.2, 0.25) is 10.0 Å². The van der Waals surface area contributed by atoms with Gasteiger partial charge in [-0.15, -0.1) is 0 Å². The number of hydrogen-bond donors (Lipinski definition) is 2. The van der Waals surface area contributed by atoms with Gasteiger partial charge < -0.3 is 5.11 Å². The van der Waals surface area contributed by atoms with Crippen LogP contribution >= 0.6 is 11.6 Å². The molecule has 0 fully saturated rings. The number of nitrogens with two attached hydrogens (primary N) is 1. The van der Waals surface area contributed by atoms with Crippen molar-refractivity contribution in [1.29, 1.82) is 0 Å². The molecule has 0 aliphatic carbocycles. The molecular formula is C3H8ClNO3S. The molecule has 1 unspecified atom stereocenters. The summed E-state index contributed by atoms with van der Waals surface area (Å²) in [5.74, 6) is -0.637. The van der Waals surface area contributed by atoms with Crippen LogP contribution in [-0.4, -0.2) is 24.3 Å². The predicted molar refractivity (Wildman–Crippen MR) is 34.5 cm³/mol. The van der Waals surface area contributed by atoms with Crippen LogP contribution in [0, 0.1) is 0 Å². The van der Waals surface area contributed by atoms with Gasteiger partial charge in [0.05, 0.1) is 0 Å². The molecule has 1 atom stereocenters. The summed E-state index contributed by atoms with van der Waals surface area (Å²) >= 11 is 5.11. The molecule has 4 nitrogen and oxygen atoms in total. The van der Waals surface area contributed by atoms with E-state index in [1.165, 1.54) is 0 Å². The van der Waals surface area contributed by atoms with Crippen LogP contribution in [-0.2, 0) is 10.0 Å². The summed E-state index contributed by atoms with van der Waals surface area (Å²) in [5, 5.41) is 11.5. The Morgan fingerprint density at radius 2 is 2.11 bits per heavy atom. The smallest absolute Gasteiger partial charge is 0.213 e. The highest BCUT2D eigenvalue weighted by Crippen LogP contribution is 2.09. The number of sulfonamides is 1. The molecule has 0 saturated heterocycles. The Hall–Kier alpha value is 0.160. The molecule has 0 aliphatic heterocycles. The van der Waals surface area contributed by atoms with E-state index in [0.717, 1.165) is 6.92 Å². The zero-order valence-electron chi connectivity index (χ0n) is 4.83. The molecule has 0 heterocycles. The molecule has 0 saturated carbocycles. The Morgan fingerprint density at radius 3 is 2.11 bits per heavy atom. The van der Waals surface area contributed by atoms with E-state index < -0.39 is 20.8 Å². The summed E-state index contributed by atoms with van der Waals surface area (Å²) in [6.45, 7) is 1.15. The van der Waals surface area contributed by atoms with E-state index in [-0.39, 0.29) is 0 Å². The number of rotatable bonds is 2. The van der Waals surface area contributed by atoms with Gasteiger partial charge in [-0.3, -0.25) is 0 Å². The largest absolute Gasteiger partial charge is 0.374 e. The van der Waals surface area contributed by atoms with Gasteiger partial charge in [-0.2, -0.15) is 0 Å². The van der Waals surface area contributed by atoms with E-state index in [9.17, 15) is 8.42 Å². The Balaban J connectivity index is 4.07. The van der Waals surface area contributed by atoms with Crippen molar-refractivity contribution in [2.45, 2.75) is 12.0 Å². The average molecular weight is 174 g/mol. The minimum absolute atomic E-state index is 0.637. The maximum Gasteiger partial charge on any atom is 0.213 e. The second-order valence-electron chi connectivity index (χ2n) is 1.95. The van der Waals surface area contributed by atoms with Gasteiger partial charge in [-0.05, 0) is 6.92 Å². The normalized spacial score (nSPS) is 19.1. The molecule has 9 heavy (non-hydrogen) atoms. The number of hydrogen-bond acceptors (Lipinski definition) is 3. The standard InChI is InChI=1S/C3H8ClNO3S/c1-3(4,6)2-9(5,7)8/h6H,2H2,1H3,(H2,5,7,8). The molecule has 0 bridgehead atoms. The lowest BCUT2D eigenvalue weighted by molar-refractivity contribution is 0.173. The van der Waals surface area contributed by atoms with Crippen molar-refractivity contribution in [3.05, 3.63) is 0 Å². The van der Waals surface area contributed by atoms with Crippen molar-refractivity contribution >= 4 is 21.6 Å². The summed E-state index contributed by atoms with van der Waals surface area (Å²) in [6.07, 6.45) is 0. The first-order valence-electron chi connectivity index (χ1n) is 2.12. The van der Waals surface area contributed by atoms with Crippen molar-refractivity contribution in [2.75, 3.05) is 5.75 Å². The molecule has 0 aliphatic rings. The molecule has 0 rings (SSSR count). The van der Waals surface area contributed by atoms with Gasteiger partial charge >= 0.3 is 0 Å². The lowest BCUT2D eigenvalue weighted by Crippen LogP contribution is -2.31. The van der Waals surface area contributed by atoms with Crippen molar-refractivity contribution in [1.82, 2.24) is 0 Å². The first-order valence-corrected chi connectivity index (χ1v) is 4.22. The fraction of sp³-hybridized carbons (Fsp3) is 1.00. The molecule has 0 aromatic heterocycles. The van der Waals surface area contributed by atoms with Crippen LogP contribution in [0.15, 0.2) is 0 Å². The van der Waals surface area contributed by atoms with Crippen LogP contribution in [0.25, 0.3) is 0 Å². The number of aliphatic hydroxyl groups is 1. The predicted octanol–water partition coefficient (Wildman–Crippen LogP) is -0.778. The Labute approximate surface area is 58.7 Å². The van der Waals surface area contributed by atoms with Gasteiger partial charge in [-0.25, -0.2) is 13.6 Å². The monoisotopic (exact) mass is 173 g/mol. The van der Waals surface area contributed by atoms with E-state index in [0.29, 0.717) is 0 Å². The average Bonchev–Trinajstić information content (AvgIpc) is 1.14. The van der Waals surface area contributed by atoms with Crippen molar-refractivity contribution in [3.8, 4) is 0 Å². The van der Waals surface area contributed by atoms with E-state index in [2.05, 4.69) is 5.14 Å². The maximum atomic E-state index is 10.2. The summed E-state index contributed by atoms with van der Waals surface area (Å²) in [4.78, 5) is 0. The molecule has 3 N–H and O–H groups in total. The zero-order chi connectivity index (χ0) is 7.71. The fourth-order valence-electron chi connectivity index (χ4n) is 0.367. The summed E-state index contributed by atoms with van der Waals surface area (Å²) < 4.78 is 20.4. The molecule has 0 radical (unpaired) electrons. The Morgan fingerprint density at radius 1 is 1.78 bits per heavy atom. The van der Waals surface area contributed by atoms with Crippen LogP contribution in [0.2, 0.25) is 0 Å². The lowest BCUT2D eigenvalue weighted by atomic mass is 10.5. The molecule has 0 spiro atoms. The minimum atomic E-state index is -3.66. The van der Waals surface area contributed by atoms with Crippen LogP contribution in [0.5, 0.6) is 0 Å². The van der Waals surface area contributed by atoms with E-state index in [1.54, 1.807) is 0 Å². The van der Waals surface area contributed by atoms with Gasteiger partial charge in [0.1, 0.15) is 5.75 Å². The van der Waals surface area contributed by atoms with E-state index in [4.69, 9.17) is 16.7 Å². The van der Waals surface area contributed by atoms with Gasteiger partial charge in [0.15, 0.2) is 5.06 Å². The highest BCUT2D eigenvalue weighted by molar-refractivity contribution is 7.89. The van der Waals surface area contributed by atoms with Gasteiger partial charge in [0, 0.05) is 0 Å². The highest BCUT2D eigenvalue weighted by Gasteiger charge is 2.22. The molecule has 0 aromatic rings. The summed E-state index contributed by atoms with van der Waals surface area (Å²) in [5.41, 5.74) is 0. The Bertz CT molecular complexity index is 180. The van der Waals surface area contributed by atoms with E-state index >= 15 is 0 Å². The summed E-state index contributed by atoms with van der Waals surface area (Å²) in [7, 11) is -3.66. The summed E-state index contributed by atoms with van der Waals surface area (Å²) in [6, 6.07) is 0. The quantitative estimate of drug-likeness (QED) is 0.538. The first-order chi connectivity index (χ1) is 3.71. The second-order valence-corrected chi connectivity index (χ2v) is 4.38.